The molecule has 14 heavy (non-hydrogen) atoms. The van der Waals surface area contributed by atoms with Gasteiger partial charge in [0, 0.05) is 11.6 Å². The molecule has 2 heterocycles. The zero-order chi connectivity index (χ0) is 10.2. The highest BCUT2D eigenvalue weighted by Gasteiger charge is 2.21. The van der Waals surface area contributed by atoms with Crippen molar-refractivity contribution in [2.45, 2.75) is 32.6 Å². The molecule has 2 aromatic rings. The van der Waals surface area contributed by atoms with Gasteiger partial charge < -0.3 is 4.98 Å². The topological polar surface area (TPSA) is 41.6 Å². The van der Waals surface area contributed by atoms with Crippen LogP contribution in [0, 0.1) is 0 Å². The summed E-state index contributed by atoms with van der Waals surface area (Å²) in [5.41, 5.74) is 2.31. The quantitative estimate of drug-likeness (QED) is 0.789. The molecule has 0 aliphatic rings. The molecule has 3 nitrogen and oxygen atoms in total. The van der Waals surface area contributed by atoms with E-state index in [1.165, 1.54) is 10.9 Å². The van der Waals surface area contributed by atoms with Gasteiger partial charge in [0.05, 0.1) is 6.20 Å². The van der Waals surface area contributed by atoms with Gasteiger partial charge in [0.1, 0.15) is 0 Å². The fraction of sp³-hybridized carbons (Fsp3) is 0.455. The van der Waals surface area contributed by atoms with Gasteiger partial charge in [-0.15, -0.1) is 5.10 Å². The molecule has 0 spiro atoms. The summed E-state index contributed by atoms with van der Waals surface area (Å²) in [5, 5.41) is 9.25. The maximum Gasteiger partial charge on any atom is 0.160 e. The second-order valence-corrected chi connectivity index (χ2v) is 4.24. The van der Waals surface area contributed by atoms with Gasteiger partial charge in [0.15, 0.2) is 5.65 Å². The van der Waals surface area contributed by atoms with Crippen LogP contribution in [0.2, 0.25) is 0 Å². The third kappa shape index (κ3) is 1.29. The summed E-state index contributed by atoms with van der Waals surface area (Å²) in [6, 6.07) is 2.07. The Balaban J connectivity index is 2.67. The first-order valence-electron chi connectivity index (χ1n) is 4.94. The van der Waals surface area contributed by atoms with Gasteiger partial charge in [-0.2, -0.15) is 5.10 Å². The highest BCUT2D eigenvalue weighted by atomic mass is 15.1. The number of nitrogens with zero attached hydrogens (tertiary/aromatic N) is 2. The lowest BCUT2D eigenvalue weighted by atomic mass is 9.82. The Kier molecular flexibility index (Phi) is 2.02. The molecule has 0 aromatic carbocycles. The minimum absolute atomic E-state index is 0.163. The lowest BCUT2D eigenvalue weighted by Gasteiger charge is -2.23. The largest absolute Gasteiger partial charge is 0.345 e. The molecule has 0 aliphatic heterocycles. The van der Waals surface area contributed by atoms with Crippen LogP contribution < -0.4 is 0 Å². The minimum atomic E-state index is 0.163. The van der Waals surface area contributed by atoms with E-state index in [4.69, 9.17) is 0 Å². The summed E-state index contributed by atoms with van der Waals surface area (Å²) in [4.78, 5) is 3.08. The molecule has 0 radical (unpaired) electrons. The van der Waals surface area contributed by atoms with Crippen molar-refractivity contribution in [2.24, 2.45) is 0 Å². The van der Waals surface area contributed by atoms with Gasteiger partial charge in [0.25, 0.3) is 0 Å². The molecule has 0 unspecified atom stereocenters. The molecule has 0 fully saturated rings. The maximum atomic E-state index is 4.04. The van der Waals surface area contributed by atoms with Crippen LogP contribution in [0.25, 0.3) is 11.0 Å². The summed E-state index contributed by atoms with van der Waals surface area (Å²) in [6.07, 6.45) is 4.88. The molecule has 0 atom stereocenters. The number of hydrogen-bond acceptors (Lipinski definition) is 2. The van der Waals surface area contributed by atoms with Crippen LogP contribution in [0.15, 0.2) is 18.5 Å². The Morgan fingerprint density at radius 2 is 2.21 bits per heavy atom. The van der Waals surface area contributed by atoms with E-state index in [-0.39, 0.29) is 5.41 Å². The molecule has 0 saturated carbocycles. The number of fused-ring (bicyclic) bond motifs is 1. The van der Waals surface area contributed by atoms with Crippen molar-refractivity contribution in [2.75, 3.05) is 0 Å². The third-order valence-corrected chi connectivity index (χ3v) is 2.97. The van der Waals surface area contributed by atoms with Gasteiger partial charge in [-0.3, -0.25) is 0 Å². The van der Waals surface area contributed by atoms with E-state index in [1.807, 2.05) is 12.4 Å². The fourth-order valence-corrected chi connectivity index (χ4v) is 1.60. The average molecular weight is 189 g/mol. The molecule has 2 aromatic heterocycles. The van der Waals surface area contributed by atoms with Crippen LogP contribution in [0.1, 0.15) is 32.8 Å². The van der Waals surface area contributed by atoms with Crippen LogP contribution >= 0.6 is 0 Å². The van der Waals surface area contributed by atoms with E-state index >= 15 is 0 Å². The highest BCUT2D eigenvalue weighted by molar-refractivity contribution is 5.79. The van der Waals surface area contributed by atoms with Gasteiger partial charge in [0.2, 0.25) is 0 Å². The van der Waals surface area contributed by atoms with Gasteiger partial charge >= 0.3 is 0 Å². The van der Waals surface area contributed by atoms with Crippen molar-refractivity contribution >= 4 is 11.0 Å². The SMILES string of the molecule is CCC(C)(C)c1cnnc2[nH]ccc12. The molecule has 0 amide bonds. The molecular weight excluding hydrogens is 174 g/mol. The molecule has 3 heteroatoms. The van der Waals surface area contributed by atoms with E-state index in [9.17, 15) is 0 Å². The van der Waals surface area contributed by atoms with E-state index in [2.05, 4.69) is 42.0 Å². The zero-order valence-electron chi connectivity index (χ0n) is 8.83. The normalized spacial score (nSPS) is 12.2. The number of aromatic nitrogens is 3. The Morgan fingerprint density at radius 1 is 1.43 bits per heavy atom. The van der Waals surface area contributed by atoms with Crippen LogP contribution in [0.3, 0.4) is 0 Å². The first kappa shape index (κ1) is 9.19. The van der Waals surface area contributed by atoms with Crippen molar-refractivity contribution in [3.05, 3.63) is 24.0 Å². The van der Waals surface area contributed by atoms with Crippen molar-refractivity contribution in [3.63, 3.8) is 0 Å². The lowest BCUT2D eigenvalue weighted by molar-refractivity contribution is 0.508. The second-order valence-electron chi connectivity index (χ2n) is 4.24. The Hall–Kier alpha value is -1.38. The van der Waals surface area contributed by atoms with Gasteiger partial charge in [-0.1, -0.05) is 20.8 Å². The summed E-state index contributed by atoms with van der Waals surface area (Å²) in [6.45, 7) is 6.66. The molecule has 0 aliphatic carbocycles. The summed E-state index contributed by atoms with van der Waals surface area (Å²) in [7, 11) is 0. The Bertz CT molecular complexity index is 442. The number of hydrogen-bond donors (Lipinski definition) is 1. The van der Waals surface area contributed by atoms with E-state index in [0.717, 1.165) is 12.1 Å². The molecular formula is C11H15N3. The number of aromatic amines is 1. The second kappa shape index (κ2) is 3.08. The fourth-order valence-electron chi connectivity index (χ4n) is 1.60. The lowest BCUT2D eigenvalue weighted by Crippen LogP contribution is -2.16. The predicted molar refractivity (Wildman–Crippen MR) is 57.2 cm³/mol. The van der Waals surface area contributed by atoms with E-state index < -0.39 is 0 Å². The van der Waals surface area contributed by atoms with Gasteiger partial charge in [-0.25, -0.2) is 0 Å². The standard InChI is InChI=1S/C11H15N3/c1-4-11(2,3)9-7-13-14-10-8(9)5-6-12-10/h5-7H,4H2,1-3H3,(H,12,14). The predicted octanol–water partition coefficient (Wildman–Crippen LogP) is 2.65. The van der Waals surface area contributed by atoms with Crippen molar-refractivity contribution in [3.8, 4) is 0 Å². The monoisotopic (exact) mass is 189 g/mol. The van der Waals surface area contributed by atoms with Crippen molar-refractivity contribution in [1.82, 2.24) is 15.2 Å². The van der Waals surface area contributed by atoms with Crippen LogP contribution in [-0.4, -0.2) is 15.2 Å². The van der Waals surface area contributed by atoms with Crippen molar-refractivity contribution < 1.29 is 0 Å². The molecule has 74 valence electrons. The first-order valence-corrected chi connectivity index (χ1v) is 4.94. The van der Waals surface area contributed by atoms with E-state index in [1.54, 1.807) is 0 Å². The summed E-state index contributed by atoms with van der Waals surface area (Å²) in [5.74, 6) is 0. The number of nitrogens with one attached hydrogen (secondary N) is 1. The third-order valence-electron chi connectivity index (χ3n) is 2.97. The van der Waals surface area contributed by atoms with E-state index in [0.29, 0.717) is 0 Å². The Morgan fingerprint density at radius 3 is 2.93 bits per heavy atom. The van der Waals surface area contributed by atoms with Crippen LogP contribution in [0.4, 0.5) is 0 Å². The minimum Gasteiger partial charge on any atom is -0.345 e. The van der Waals surface area contributed by atoms with Crippen LogP contribution in [-0.2, 0) is 5.41 Å². The average Bonchev–Trinajstić information content (AvgIpc) is 2.64. The van der Waals surface area contributed by atoms with Crippen LogP contribution in [0.5, 0.6) is 0 Å². The molecule has 0 bridgehead atoms. The maximum absolute atomic E-state index is 4.04. The Labute approximate surface area is 83.6 Å². The summed E-state index contributed by atoms with van der Waals surface area (Å²) >= 11 is 0. The first-order chi connectivity index (χ1) is 6.65. The molecule has 0 saturated heterocycles. The zero-order valence-corrected chi connectivity index (χ0v) is 8.83. The smallest absolute Gasteiger partial charge is 0.160 e. The summed E-state index contributed by atoms with van der Waals surface area (Å²) < 4.78 is 0. The number of H-pyrrole nitrogens is 1. The van der Waals surface area contributed by atoms with Crippen molar-refractivity contribution in [1.29, 1.82) is 0 Å². The highest BCUT2D eigenvalue weighted by Crippen LogP contribution is 2.30. The number of rotatable bonds is 2. The molecule has 2 rings (SSSR count). The van der Waals surface area contributed by atoms with Gasteiger partial charge in [-0.05, 0) is 23.5 Å². The molecule has 1 N–H and O–H groups in total.